The molecule has 2 amide bonds. The van der Waals surface area contributed by atoms with Crippen LogP contribution in [0.3, 0.4) is 0 Å². The minimum Gasteiger partial charge on any atom is -0.378 e. The normalized spacial score (nSPS) is 10.4. The molecule has 0 fully saturated rings. The van der Waals surface area contributed by atoms with E-state index in [9.17, 15) is 9.59 Å². The molecule has 1 heterocycles. The number of nitrogens with zero attached hydrogens (tertiary/aromatic N) is 3. The Morgan fingerprint density at radius 2 is 1.76 bits per heavy atom. The van der Waals surface area contributed by atoms with Crippen LogP contribution in [0.15, 0.2) is 58.9 Å². The molecule has 3 rings (SSSR count). The van der Waals surface area contributed by atoms with Gasteiger partial charge in [-0.15, -0.1) is 10.2 Å². The molecular weight excluding hydrogens is 406 g/mol. The van der Waals surface area contributed by atoms with Gasteiger partial charge in [0.05, 0.1) is 5.75 Å². The fraction of sp³-hybridized carbons (Fsp3) is 0.200. The predicted octanol–water partition coefficient (Wildman–Crippen LogP) is 3.26. The van der Waals surface area contributed by atoms with Crippen molar-refractivity contribution in [3.8, 4) is 0 Å². The van der Waals surface area contributed by atoms with E-state index < -0.39 is 0 Å². The van der Waals surface area contributed by atoms with Crippen molar-refractivity contribution in [2.75, 3.05) is 30.1 Å². The summed E-state index contributed by atoms with van der Waals surface area (Å²) in [5, 5.41) is 13.8. The van der Waals surface area contributed by atoms with Crippen LogP contribution in [0.25, 0.3) is 0 Å². The third-order valence-corrected chi connectivity index (χ3v) is 5.96. The van der Waals surface area contributed by atoms with Gasteiger partial charge >= 0.3 is 0 Å². The van der Waals surface area contributed by atoms with Gasteiger partial charge in [-0.25, -0.2) is 0 Å². The zero-order valence-corrected chi connectivity index (χ0v) is 17.7. The Balaban J connectivity index is 1.44. The number of carbonyl (C=O) groups is 2. The minimum absolute atomic E-state index is 0.0998. The Hall–Kier alpha value is -2.91. The highest BCUT2D eigenvalue weighted by Gasteiger charge is 2.14. The quantitative estimate of drug-likeness (QED) is 0.537. The summed E-state index contributed by atoms with van der Waals surface area (Å²) in [7, 11) is 3.97. The first-order chi connectivity index (χ1) is 14.0. The Morgan fingerprint density at radius 1 is 1.03 bits per heavy atom. The zero-order chi connectivity index (χ0) is 20.6. The molecule has 0 atom stereocenters. The Labute approximate surface area is 177 Å². The van der Waals surface area contributed by atoms with Crippen LogP contribution >= 0.6 is 23.1 Å². The lowest BCUT2D eigenvalue weighted by atomic mass is 10.2. The molecule has 150 valence electrons. The summed E-state index contributed by atoms with van der Waals surface area (Å²) in [6.07, 6.45) is 0. The summed E-state index contributed by atoms with van der Waals surface area (Å²) in [4.78, 5) is 26.3. The van der Waals surface area contributed by atoms with E-state index in [2.05, 4.69) is 20.8 Å². The van der Waals surface area contributed by atoms with Crippen molar-refractivity contribution in [2.45, 2.75) is 10.9 Å². The highest BCUT2D eigenvalue weighted by Crippen LogP contribution is 2.23. The van der Waals surface area contributed by atoms with Crippen molar-refractivity contribution in [1.82, 2.24) is 15.5 Å². The molecule has 9 heteroatoms. The number of thioether (sulfide) groups is 1. The number of para-hydroxylation sites is 1. The van der Waals surface area contributed by atoms with Gasteiger partial charge < -0.3 is 15.5 Å². The van der Waals surface area contributed by atoms with Gasteiger partial charge in [0.1, 0.15) is 0 Å². The number of hydrogen-bond donors (Lipinski definition) is 2. The van der Waals surface area contributed by atoms with Crippen LogP contribution in [0.4, 0.5) is 11.4 Å². The molecule has 0 saturated carbocycles. The molecule has 0 bridgehead atoms. The van der Waals surface area contributed by atoms with Crippen LogP contribution in [0.1, 0.15) is 15.4 Å². The zero-order valence-electron chi connectivity index (χ0n) is 16.1. The molecule has 0 aliphatic rings. The third-order valence-electron chi connectivity index (χ3n) is 3.90. The fourth-order valence-electron chi connectivity index (χ4n) is 2.36. The van der Waals surface area contributed by atoms with Crippen LogP contribution in [0, 0.1) is 0 Å². The van der Waals surface area contributed by atoms with Gasteiger partial charge in [-0.2, -0.15) is 0 Å². The van der Waals surface area contributed by atoms with Gasteiger partial charge in [0.25, 0.3) is 5.91 Å². The summed E-state index contributed by atoms with van der Waals surface area (Å²) in [6, 6.07) is 17.2. The maximum absolute atomic E-state index is 12.2. The molecule has 0 aliphatic heterocycles. The van der Waals surface area contributed by atoms with Gasteiger partial charge in [-0.3, -0.25) is 9.59 Å². The van der Waals surface area contributed by atoms with Gasteiger partial charge in [-0.1, -0.05) is 53.4 Å². The second-order valence-electron chi connectivity index (χ2n) is 6.32. The monoisotopic (exact) mass is 427 g/mol. The van der Waals surface area contributed by atoms with E-state index in [1.54, 1.807) is 12.1 Å². The fourth-order valence-corrected chi connectivity index (χ4v) is 3.93. The summed E-state index contributed by atoms with van der Waals surface area (Å²) < 4.78 is 0.577. The summed E-state index contributed by atoms with van der Waals surface area (Å²) in [5.41, 5.74) is 2.84. The maximum Gasteiger partial charge on any atom is 0.286 e. The van der Waals surface area contributed by atoms with Gasteiger partial charge in [-0.05, 0) is 29.8 Å². The number of anilines is 2. The first kappa shape index (κ1) is 20.8. The number of benzene rings is 2. The average Bonchev–Trinajstić information content (AvgIpc) is 3.21. The van der Waals surface area contributed by atoms with E-state index in [0.717, 1.165) is 11.3 Å². The SMILES string of the molecule is CN(C)c1ccc(CNC(=O)CSc2nnc(C(=O)Nc3ccccc3)s2)cc1. The standard InChI is InChI=1S/C20H21N5O2S2/c1-25(2)16-10-8-14(9-11-16)12-21-17(26)13-28-20-24-23-19(29-20)18(27)22-15-6-4-3-5-7-15/h3-11H,12-13H2,1-2H3,(H,21,26)(H,22,27). The molecule has 0 radical (unpaired) electrons. The van der Waals surface area contributed by atoms with Crippen molar-refractivity contribution in [2.24, 2.45) is 0 Å². The average molecular weight is 428 g/mol. The van der Waals surface area contributed by atoms with E-state index >= 15 is 0 Å². The topological polar surface area (TPSA) is 87.2 Å². The molecule has 0 unspecified atom stereocenters. The largest absolute Gasteiger partial charge is 0.378 e. The first-order valence-electron chi connectivity index (χ1n) is 8.87. The molecule has 0 saturated heterocycles. The van der Waals surface area contributed by atoms with Gasteiger partial charge in [0, 0.05) is 32.0 Å². The molecule has 29 heavy (non-hydrogen) atoms. The number of rotatable bonds is 8. The van der Waals surface area contributed by atoms with Crippen molar-refractivity contribution in [3.63, 3.8) is 0 Å². The van der Waals surface area contributed by atoms with Crippen molar-refractivity contribution >= 4 is 46.3 Å². The number of amides is 2. The van der Waals surface area contributed by atoms with Crippen LogP contribution in [-0.2, 0) is 11.3 Å². The second-order valence-corrected chi connectivity index (χ2v) is 8.52. The predicted molar refractivity (Wildman–Crippen MR) is 118 cm³/mol. The van der Waals surface area contributed by atoms with Crippen LogP contribution in [-0.4, -0.2) is 41.9 Å². The lowest BCUT2D eigenvalue weighted by molar-refractivity contribution is -0.118. The molecule has 7 nitrogen and oxygen atoms in total. The van der Waals surface area contributed by atoms with E-state index in [-0.39, 0.29) is 22.6 Å². The van der Waals surface area contributed by atoms with Crippen molar-refractivity contribution in [3.05, 3.63) is 65.2 Å². The van der Waals surface area contributed by atoms with Gasteiger partial charge in [0.15, 0.2) is 4.34 Å². The summed E-state index contributed by atoms with van der Waals surface area (Å²) >= 11 is 2.43. The molecule has 0 spiro atoms. The molecule has 0 aliphatic carbocycles. The van der Waals surface area contributed by atoms with E-state index in [0.29, 0.717) is 16.6 Å². The maximum atomic E-state index is 12.2. The highest BCUT2D eigenvalue weighted by molar-refractivity contribution is 8.01. The molecule has 2 N–H and O–H groups in total. The highest BCUT2D eigenvalue weighted by atomic mass is 32.2. The van der Waals surface area contributed by atoms with Gasteiger partial charge in [0.2, 0.25) is 10.9 Å². The number of aromatic nitrogens is 2. The molecule has 1 aromatic heterocycles. The van der Waals surface area contributed by atoms with E-state index in [1.807, 2.05) is 61.5 Å². The van der Waals surface area contributed by atoms with Crippen LogP contribution in [0.2, 0.25) is 0 Å². The van der Waals surface area contributed by atoms with Crippen molar-refractivity contribution < 1.29 is 9.59 Å². The van der Waals surface area contributed by atoms with Crippen LogP contribution in [0.5, 0.6) is 0 Å². The minimum atomic E-state index is -0.314. The Kier molecular flexibility index (Phi) is 7.20. The molecule has 3 aromatic rings. The lowest BCUT2D eigenvalue weighted by Gasteiger charge is -2.12. The number of nitrogens with one attached hydrogen (secondary N) is 2. The molecule has 2 aromatic carbocycles. The Bertz CT molecular complexity index is 959. The summed E-state index contributed by atoms with van der Waals surface area (Å²) in [6.45, 7) is 0.466. The number of carbonyl (C=O) groups excluding carboxylic acids is 2. The van der Waals surface area contributed by atoms with E-state index in [4.69, 9.17) is 0 Å². The summed E-state index contributed by atoms with van der Waals surface area (Å²) in [5.74, 6) is -0.201. The second kappa shape index (κ2) is 10.0. The van der Waals surface area contributed by atoms with E-state index in [1.165, 1.54) is 23.1 Å². The van der Waals surface area contributed by atoms with Crippen LogP contribution < -0.4 is 15.5 Å². The lowest BCUT2D eigenvalue weighted by Crippen LogP contribution is -2.24. The molecular formula is C20H21N5O2S2. The van der Waals surface area contributed by atoms with Crippen molar-refractivity contribution in [1.29, 1.82) is 0 Å². The third kappa shape index (κ3) is 6.30. The number of hydrogen-bond acceptors (Lipinski definition) is 7. The smallest absolute Gasteiger partial charge is 0.286 e. The first-order valence-corrected chi connectivity index (χ1v) is 10.7. The Morgan fingerprint density at radius 3 is 2.45 bits per heavy atom.